The van der Waals surface area contributed by atoms with Gasteiger partial charge < -0.3 is 19.4 Å². The maximum atomic E-state index is 12.5. The first kappa shape index (κ1) is 34.0. The van der Waals surface area contributed by atoms with Crippen LogP contribution in [0.15, 0.2) is 97.1 Å². The molecule has 2 N–H and O–H groups in total. The maximum absolute atomic E-state index is 12.5. The molecular weight excluding hydrogens is 553 g/mol. The molecule has 228 valence electrons. The molecule has 0 bridgehead atoms. The van der Waals surface area contributed by atoms with Crippen LogP contribution in [0.1, 0.15) is 51.5 Å². The fourth-order valence-corrected chi connectivity index (χ4v) is 11.4. The number of rotatable bonds is 17. The minimum atomic E-state index is -3.07. The molecule has 3 aromatic carbocycles. The molecule has 3 rings (SSSR count). The summed E-state index contributed by atoms with van der Waals surface area (Å²) >= 11 is 0. The van der Waals surface area contributed by atoms with Gasteiger partial charge in [-0.1, -0.05) is 118 Å². The molecule has 2 atom stereocenters. The van der Waals surface area contributed by atoms with Crippen molar-refractivity contribution in [2.24, 2.45) is 0 Å². The third kappa shape index (κ3) is 9.78. The van der Waals surface area contributed by atoms with E-state index in [1.54, 1.807) is 7.11 Å². The van der Waals surface area contributed by atoms with Crippen molar-refractivity contribution in [3.05, 3.63) is 103 Å². The molecule has 0 heterocycles. The fourth-order valence-electron chi connectivity index (χ4n) is 6.01. The SMILES string of the molecule is C=C(C[C@H](O)C[C@H](CCCC(C)(C)[Si](O)(c1ccccc1)c1ccccc1)OCc1ccc(OC)cc1)C[Si](C)(C)C. The predicted molar refractivity (Wildman–Crippen MR) is 182 cm³/mol. The lowest BCUT2D eigenvalue weighted by Gasteiger charge is -2.41. The topological polar surface area (TPSA) is 58.9 Å². The second-order valence-corrected chi connectivity index (χ2v) is 23.0. The van der Waals surface area contributed by atoms with Gasteiger partial charge in [-0.2, -0.15) is 0 Å². The van der Waals surface area contributed by atoms with Gasteiger partial charge in [-0.3, -0.25) is 0 Å². The van der Waals surface area contributed by atoms with Crippen molar-refractivity contribution in [2.45, 2.75) is 95.5 Å². The summed E-state index contributed by atoms with van der Waals surface area (Å²) in [5.74, 6) is 0.822. The number of aliphatic hydroxyl groups is 1. The minimum Gasteiger partial charge on any atom is -0.497 e. The number of benzene rings is 3. The van der Waals surface area contributed by atoms with E-state index in [1.807, 2.05) is 60.7 Å². The minimum absolute atomic E-state index is 0.0965. The molecule has 0 aliphatic carbocycles. The smallest absolute Gasteiger partial charge is 0.258 e. The van der Waals surface area contributed by atoms with Gasteiger partial charge in [0.2, 0.25) is 0 Å². The summed E-state index contributed by atoms with van der Waals surface area (Å²) in [7, 11) is -2.68. The van der Waals surface area contributed by atoms with Crippen LogP contribution >= 0.6 is 0 Å². The van der Waals surface area contributed by atoms with Crippen LogP contribution in [0.3, 0.4) is 0 Å². The molecule has 42 heavy (non-hydrogen) atoms. The first-order valence-corrected chi connectivity index (χ1v) is 20.9. The number of hydrogen-bond acceptors (Lipinski definition) is 4. The van der Waals surface area contributed by atoms with Crippen LogP contribution in [-0.4, -0.2) is 45.6 Å². The zero-order chi connectivity index (χ0) is 30.8. The molecule has 0 saturated carbocycles. The van der Waals surface area contributed by atoms with Gasteiger partial charge in [-0.05, 0) is 64.8 Å². The lowest BCUT2D eigenvalue weighted by atomic mass is 9.98. The van der Waals surface area contributed by atoms with E-state index >= 15 is 0 Å². The zero-order valence-electron chi connectivity index (χ0n) is 26.6. The van der Waals surface area contributed by atoms with Crippen LogP contribution in [-0.2, 0) is 11.3 Å². The van der Waals surface area contributed by atoms with Gasteiger partial charge in [0.25, 0.3) is 8.32 Å². The summed E-state index contributed by atoms with van der Waals surface area (Å²) in [5.41, 5.74) is 2.21. The molecule has 0 radical (unpaired) electrons. The lowest BCUT2D eigenvalue weighted by Crippen LogP contribution is -2.65. The highest BCUT2D eigenvalue weighted by atomic mass is 28.4. The summed E-state index contributed by atoms with van der Waals surface area (Å²) in [5, 5.41) is 12.8. The van der Waals surface area contributed by atoms with Gasteiger partial charge in [0, 0.05) is 8.07 Å². The second kappa shape index (κ2) is 15.3. The predicted octanol–water partition coefficient (Wildman–Crippen LogP) is 7.32. The molecule has 0 spiro atoms. The largest absolute Gasteiger partial charge is 0.497 e. The van der Waals surface area contributed by atoms with E-state index in [0.29, 0.717) is 19.4 Å². The van der Waals surface area contributed by atoms with Crippen molar-refractivity contribution in [3.63, 3.8) is 0 Å². The van der Waals surface area contributed by atoms with Gasteiger partial charge in [0.15, 0.2) is 0 Å². The van der Waals surface area contributed by atoms with E-state index in [0.717, 1.165) is 52.6 Å². The number of hydrogen-bond donors (Lipinski definition) is 2. The number of aliphatic hydroxyl groups excluding tert-OH is 1. The van der Waals surface area contributed by atoms with Gasteiger partial charge in [-0.25, -0.2) is 0 Å². The average Bonchev–Trinajstić information content (AvgIpc) is 2.95. The Balaban J connectivity index is 1.73. The molecule has 0 fully saturated rings. The van der Waals surface area contributed by atoms with Crippen molar-refractivity contribution in [2.75, 3.05) is 7.11 Å². The van der Waals surface area contributed by atoms with Crippen LogP contribution in [0.25, 0.3) is 0 Å². The molecule has 6 heteroatoms. The Morgan fingerprint density at radius 2 is 1.43 bits per heavy atom. The molecule has 0 saturated heterocycles. The first-order chi connectivity index (χ1) is 19.8. The van der Waals surface area contributed by atoms with E-state index in [-0.39, 0.29) is 11.1 Å². The van der Waals surface area contributed by atoms with E-state index in [2.05, 4.69) is 64.3 Å². The van der Waals surface area contributed by atoms with Crippen molar-refractivity contribution < 1.29 is 19.4 Å². The third-order valence-electron chi connectivity index (χ3n) is 8.17. The summed E-state index contributed by atoms with van der Waals surface area (Å²) in [6.45, 7) is 16.2. The second-order valence-electron chi connectivity index (χ2n) is 13.6. The maximum Gasteiger partial charge on any atom is 0.258 e. The normalized spacial score (nSPS) is 13.9. The van der Waals surface area contributed by atoms with Crippen molar-refractivity contribution in [1.82, 2.24) is 0 Å². The average molecular weight is 605 g/mol. The standard InChI is InChI=1S/C36H52O4Si2/c1-29(28-41(5,6)7)25-31(37)26-33(40-27-30-20-22-32(39-4)23-21-30)15-14-24-36(2,3)42(38,34-16-10-8-11-17-34)35-18-12-9-13-19-35/h8-13,16-23,31,33,37-38H,1,14-15,24-28H2,2-7H3/t31-,33-/m0/s1. The van der Waals surface area contributed by atoms with E-state index < -0.39 is 22.5 Å². The lowest BCUT2D eigenvalue weighted by molar-refractivity contribution is -0.00199. The molecule has 0 amide bonds. The molecule has 4 nitrogen and oxygen atoms in total. The molecule has 0 aliphatic rings. The molecule has 0 unspecified atom stereocenters. The Kier molecular flexibility index (Phi) is 12.4. The summed E-state index contributed by atoms with van der Waals surface area (Å²) in [6.07, 6.45) is 3.15. The fraction of sp³-hybridized carbons (Fsp3) is 0.444. The molecule has 3 aromatic rings. The molecule has 0 aliphatic heterocycles. The van der Waals surface area contributed by atoms with E-state index in [4.69, 9.17) is 9.47 Å². The summed E-state index contributed by atoms with van der Waals surface area (Å²) in [4.78, 5) is 12.5. The Bertz CT molecular complexity index is 1180. The Hall–Kier alpha value is -2.49. The van der Waals surface area contributed by atoms with Crippen LogP contribution in [0.5, 0.6) is 5.75 Å². The van der Waals surface area contributed by atoms with Crippen molar-refractivity contribution in [3.8, 4) is 5.75 Å². The van der Waals surface area contributed by atoms with E-state index in [1.165, 1.54) is 0 Å². The molecule has 0 aromatic heterocycles. The van der Waals surface area contributed by atoms with Gasteiger partial charge in [-0.15, -0.1) is 6.58 Å². The quantitative estimate of drug-likeness (QED) is 0.125. The molecular formula is C36H52O4Si2. The van der Waals surface area contributed by atoms with Crippen molar-refractivity contribution >= 4 is 26.8 Å². The summed E-state index contributed by atoms with van der Waals surface area (Å²) in [6, 6.07) is 29.4. The van der Waals surface area contributed by atoms with Crippen molar-refractivity contribution in [1.29, 1.82) is 0 Å². The zero-order valence-corrected chi connectivity index (χ0v) is 28.6. The number of methoxy groups -OCH3 is 1. The Morgan fingerprint density at radius 1 is 0.881 bits per heavy atom. The monoisotopic (exact) mass is 604 g/mol. The van der Waals surface area contributed by atoms with Crippen LogP contribution in [0, 0.1) is 0 Å². The highest BCUT2D eigenvalue weighted by Crippen LogP contribution is 2.40. The van der Waals surface area contributed by atoms with Gasteiger partial charge in [0.05, 0.1) is 25.9 Å². The third-order valence-corrected chi connectivity index (χ3v) is 14.3. The van der Waals surface area contributed by atoms with Crippen LogP contribution < -0.4 is 15.1 Å². The highest BCUT2D eigenvalue weighted by molar-refractivity contribution is 6.98. The first-order valence-electron chi connectivity index (χ1n) is 15.3. The summed E-state index contributed by atoms with van der Waals surface area (Å²) < 4.78 is 11.8. The highest BCUT2D eigenvalue weighted by Gasteiger charge is 2.49. The van der Waals surface area contributed by atoms with Crippen LogP contribution in [0.2, 0.25) is 30.7 Å². The Morgan fingerprint density at radius 3 is 1.93 bits per heavy atom. The number of ether oxygens (including phenoxy) is 2. The van der Waals surface area contributed by atoms with Gasteiger partial charge >= 0.3 is 0 Å². The van der Waals surface area contributed by atoms with Gasteiger partial charge in [0.1, 0.15) is 5.75 Å². The van der Waals surface area contributed by atoms with Crippen LogP contribution in [0.4, 0.5) is 0 Å². The Labute approximate surface area is 256 Å². The van der Waals surface area contributed by atoms with E-state index in [9.17, 15) is 9.90 Å².